The normalized spacial score (nSPS) is 20.6. The number of thiazole rings is 1. The number of ether oxygens (including phenoxy) is 5. The zero-order valence-corrected chi connectivity index (χ0v) is 30.0. The van der Waals surface area contributed by atoms with Gasteiger partial charge in [-0.15, -0.1) is 22.7 Å². The van der Waals surface area contributed by atoms with Crippen molar-refractivity contribution in [1.82, 2.24) is 4.98 Å². The summed E-state index contributed by atoms with van der Waals surface area (Å²) in [6, 6.07) is 14.4. The maximum atomic E-state index is 13.8. The maximum absolute atomic E-state index is 13.8. The summed E-state index contributed by atoms with van der Waals surface area (Å²) in [6.07, 6.45) is -5.11. The average molecular weight is 778 g/mol. The van der Waals surface area contributed by atoms with Crippen LogP contribution in [0.4, 0.5) is 5.69 Å². The predicted octanol–water partition coefficient (Wildman–Crippen LogP) is 5.78. The van der Waals surface area contributed by atoms with Crippen molar-refractivity contribution in [3.05, 3.63) is 63.4 Å². The number of nitrogens with zero attached hydrogens (tertiary/aromatic N) is 1. The number of benzene rings is 2. The van der Waals surface area contributed by atoms with Gasteiger partial charge in [0.1, 0.15) is 23.2 Å². The lowest BCUT2D eigenvalue weighted by Gasteiger charge is -2.44. The molecule has 16 heteroatoms. The number of hydrogen-bond acceptors (Lipinski definition) is 15. The van der Waals surface area contributed by atoms with Crippen molar-refractivity contribution in [2.45, 2.75) is 61.8 Å². The molecule has 3 heterocycles. The zero-order valence-electron chi connectivity index (χ0n) is 25.9. The van der Waals surface area contributed by atoms with Gasteiger partial charge in [-0.25, -0.2) is 4.98 Å². The van der Waals surface area contributed by atoms with Crippen molar-refractivity contribution in [3.63, 3.8) is 0 Å². The molecule has 48 heavy (non-hydrogen) atoms. The van der Waals surface area contributed by atoms with Gasteiger partial charge in [0.25, 0.3) is 0 Å². The van der Waals surface area contributed by atoms with E-state index in [0.717, 1.165) is 51.6 Å². The molecule has 5 rings (SSSR count). The van der Waals surface area contributed by atoms with Crippen molar-refractivity contribution < 1.29 is 47.7 Å². The summed E-state index contributed by atoms with van der Waals surface area (Å²) in [4.78, 5) is 67.5. The van der Waals surface area contributed by atoms with Gasteiger partial charge in [-0.1, -0.05) is 39.8 Å². The summed E-state index contributed by atoms with van der Waals surface area (Å²) in [7, 11) is 0. The van der Waals surface area contributed by atoms with Gasteiger partial charge in [-0.05, 0) is 36.4 Å². The van der Waals surface area contributed by atoms with Crippen LogP contribution in [0.15, 0.2) is 57.2 Å². The average Bonchev–Trinajstić information content (AvgIpc) is 3.58. The molecule has 0 amide bonds. The Labute approximate surface area is 295 Å². The second-order valence-corrected chi connectivity index (χ2v) is 14.8. The molecule has 0 radical (unpaired) electrons. The van der Waals surface area contributed by atoms with Crippen LogP contribution in [0.5, 0.6) is 0 Å². The van der Waals surface area contributed by atoms with Crippen molar-refractivity contribution in [1.29, 1.82) is 0 Å². The Morgan fingerprint density at radius 2 is 1.48 bits per heavy atom. The minimum absolute atomic E-state index is 0.195. The molecule has 0 saturated carbocycles. The molecule has 5 atom stereocenters. The Kier molecular flexibility index (Phi) is 11.2. The standard InChI is InChI=1S/C32H29BrN2O10S3/c1-14(36)41-13-21-26(42-15(2)37)27(43-16(3)38)28(44-17(4)39)31(45-21)48-32-23(30-35-20-7-5-6-8-22(20)46-30)24(34)29(47-32)25(40)18-9-11-19(33)12-10-18/h5-12,21,26-28,31H,13,34H2,1-4H3/t21-,26-,27+,28-,31+/m1/s1. The van der Waals surface area contributed by atoms with Crippen LogP contribution in [0.3, 0.4) is 0 Å². The molecule has 0 unspecified atom stereocenters. The van der Waals surface area contributed by atoms with Gasteiger partial charge in [0.15, 0.2) is 18.3 Å². The van der Waals surface area contributed by atoms with Gasteiger partial charge in [0.2, 0.25) is 5.78 Å². The number of rotatable bonds is 10. The van der Waals surface area contributed by atoms with Crippen molar-refractivity contribution >= 4 is 95.9 Å². The minimum Gasteiger partial charge on any atom is -0.463 e. The molecule has 0 spiro atoms. The van der Waals surface area contributed by atoms with Crippen LogP contribution in [0.2, 0.25) is 0 Å². The smallest absolute Gasteiger partial charge is 0.303 e. The summed E-state index contributed by atoms with van der Waals surface area (Å²) in [5.74, 6) is -3.16. The molecule has 2 aromatic heterocycles. The van der Waals surface area contributed by atoms with Crippen LogP contribution >= 0.6 is 50.4 Å². The molecule has 4 aromatic rings. The summed E-state index contributed by atoms with van der Waals surface area (Å²) in [5, 5.41) is 0.535. The number of para-hydroxylation sites is 1. The number of carbonyl (C=O) groups is 5. The van der Waals surface area contributed by atoms with E-state index in [0.29, 0.717) is 20.3 Å². The Bertz CT molecular complexity index is 1840. The number of halogens is 1. The number of ketones is 1. The third-order valence-corrected chi connectivity index (χ3v) is 11.1. The van der Waals surface area contributed by atoms with Crippen LogP contribution in [-0.2, 0) is 42.9 Å². The van der Waals surface area contributed by atoms with Crippen LogP contribution < -0.4 is 5.73 Å². The van der Waals surface area contributed by atoms with Gasteiger partial charge in [0.05, 0.1) is 30.6 Å². The highest BCUT2D eigenvalue weighted by Gasteiger charge is 2.53. The number of fused-ring (bicyclic) bond motifs is 1. The van der Waals surface area contributed by atoms with Crippen molar-refractivity contribution in [2.24, 2.45) is 0 Å². The highest BCUT2D eigenvalue weighted by atomic mass is 79.9. The third-order valence-electron chi connectivity index (χ3n) is 6.90. The molecule has 1 fully saturated rings. The SMILES string of the molecule is CC(=O)OC[C@H]1O[C@@H](Sc2sc(C(=O)c3ccc(Br)cc3)c(N)c2-c2nc3ccccc3s2)[C@H](OC(C)=O)[C@@H](OC(C)=O)[C@@H]1OC(C)=O. The number of hydrogen-bond donors (Lipinski definition) is 1. The molecule has 12 nitrogen and oxygen atoms in total. The minimum atomic E-state index is -1.35. The molecule has 0 aliphatic carbocycles. The highest BCUT2D eigenvalue weighted by Crippen LogP contribution is 2.50. The van der Waals surface area contributed by atoms with E-state index in [1.807, 2.05) is 24.3 Å². The molecule has 1 aliphatic rings. The molecular formula is C32H29BrN2O10S3. The number of aromatic nitrogens is 1. The van der Waals surface area contributed by atoms with Gasteiger partial charge in [0, 0.05) is 37.7 Å². The number of esters is 4. The Balaban J connectivity index is 1.64. The van der Waals surface area contributed by atoms with Crippen molar-refractivity contribution in [2.75, 3.05) is 12.3 Å². The van der Waals surface area contributed by atoms with Crippen LogP contribution in [0.1, 0.15) is 42.9 Å². The second kappa shape index (κ2) is 15.2. The number of carbonyl (C=O) groups excluding carboxylic acids is 5. The second-order valence-electron chi connectivity index (χ2n) is 10.5. The van der Waals surface area contributed by atoms with Crippen LogP contribution in [0.25, 0.3) is 20.8 Å². The van der Waals surface area contributed by atoms with E-state index in [4.69, 9.17) is 34.4 Å². The first-order chi connectivity index (χ1) is 22.8. The first-order valence-corrected chi connectivity index (χ1v) is 17.7. The lowest BCUT2D eigenvalue weighted by molar-refractivity contribution is -0.237. The summed E-state index contributed by atoms with van der Waals surface area (Å²) < 4.78 is 30.5. The molecule has 1 saturated heterocycles. The monoisotopic (exact) mass is 776 g/mol. The van der Waals surface area contributed by atoms with Gasteiger partial charge >= 0.3 is 23.9 Å². The zero-order chi connectivity index (χ0) is 34.7. The van der Waals surface area contributed by atoms with E-state index in [-0.39, 0.29) is 23.0 Å². The number of anilines is 1. The topological polar surface area (TPSA) is 170 Å². The van der Waals surface area contributed by atoms with Gasteiger partial charge in [-0.3, -0.25) is 24.0 Å². The fraction of sp³-hybridized carbons (Fsp3) is 0.312. The van der Waals surface area contributed by atoms with Crippen LogP contribution in [-0.4, -0.2) is 71.1 Å². The third kappa shape index (κ3) is 8.06. The number of thioether (sulfide) groups is 1. The quantitative estimate of drug-likeness (QED) is 0.117. The number of thiophene rings is 1. The molecule has 1 aliphatic heterocycles. The summed E-state index contributed by atoms with van der Waals surface area (Å²) >= 11 is 6.93. The molecule has 252 valence electrons. The van der Waals surface area contributed by atoms with E-state index >= 15 is 0 Å². The Morgan fingerprint density at radius 1 is 0.854 bits per heavy atom. The lowest BCUT2D eigenvalue weighted by Crippen LogP contribution is -2.61. The van der Waals surface area contributed by atoms with Gasteiger partial charge in [-0.2, -0.15) is 0 Å². The number of nitrogens with two attached hydrogens (primary N) is 1. The molecule has 2 N–H and O–H groups in total. The molecule has 2 aromatic carbocycles. The predicted molar refractivity (Wildman–Crippen MR) is 183 cm³/mol. The van der Waals surface area contributed by atoms with E-state index < -0.39 is 53.7 Å². The summed E-state index contributed by atoms with van der Waals surface area (Å²) in [5.41, 5.74) is 7.42. The lowest BCUT2D eigenvalue weighted by atomic mass is 9.99. The van der Waals surface area contributed by atoms with E-state index in [1.54, 1.807) is 24.3 Å². The molecule has 0 bridgehead atoms. The fourth-order valence-electron chi connectivity index (χ4n) is 4.98. The van der Waals surface area contributed by atoms with E-state index in [1.165, 1.54) is 25.2 Å². The van der Waals surface area contributed by atoms with E-state index in [9.17, 15) is 24.0 Å². The highest BCUT2D eigenvalue weighted by molar-refractivity contribution is 9.10. The summed E-state index contributed by atoms with van der Waals surface area (Å²) in [6.45, 7) is 4.30. The maximum Gasteiger partial charge on any atom is 0.303 e. The first-order valence-electron chi connectivity index (χ1n) is 14.4. The first kappa shape index (κ1) is 35.5. The Hall–Kier alpha value is -3.83. The Morgan fingerprint density at radius 3 is 2.10 bits per heavy atom. The molecular weight excluding hydrogens is 748 g/mol. The van der Waals surface area contributed by atoms with Crippen molar-refractivity contribution in [3.8, 4) is 10.6 Å². The number of nitrogen functional groups attached to an aromatic ring is 1. The largest absolute Gasteiger partial charge is 0.463 e. The van der Waals surface area contributed by atoms with Gasteiger partial charge < -0.3 is 29.4 Å². The fourth-order valence-corrected chi connectivity index (χ4v) is 9.12. The van der Waals surface area contributed by atoms with Crippen LogP contribution in [0, 0.1) is 0 Å². The van der Waals surface area contributed by atoms with E-state index in [2.05, 4.69) is 15.9 Å².